The topological polar surface area (TPSA) is 51.2 Å². The number of methoxy groups -OCH3 is 1. The molecule has 20 heavy (non-hydrogen) atoms. The Morgan fingerprint density at radius 2 is 2.20 bits per heavy atom. The van der Waals surface area contributed by atoms with Crippen LogP contribution in [0.5, 0.6) is 0 Å². The quantitative estimate of drug-likeness (QED) is 0.872. The number of carbonyl (C=O) groups excluding carboxylic acids is 1. The molecule has 1 N–H and O–H groups in total. The van der Waals surface area contributed by atoms with Gasteiger partial charge in [-0.05, 0) is 44.5 Å². The van der Waals surface area contributed by atoms with Crippen LogP contribution in [0.2, 0.25) is 0 Å². The smallest absolute Gasteiger partial charge is 0.341 e. The van der Waals surface area contributed by atoms with E-state index in [-0.39, 0.29) is 12.0 Å². The van der Waals surface area contributed by atoms with Gasteiger partial charge >= 0.3 is 5.97 Å². The second-order valence-electron chi connectivity index (χ2n) is 4.63. The summed E-state index contributed by atoms with van der Waals surface area (Å²) in [6.45, 7) is 6.25. The average Bonchev–Trinajstić information content (AvgIpc) is 2.77. The van der Waals surface area contributed by atoms with Gasteiger partial charge in [-0.15, -0.1) is 11.3 Å². The Hall–Kier alpha value is -1.88. The summed E-state index contributed by atoms with van der Waals surface area (Å²) in [5.74, 6) is 0.168. The summed E-state index contributed by atoms with van der Waals surface area (Å²) in [6, 6.07) is 5.68. The van der Waals surface area contributed by atoms with Crippen molar-refractivity contribution in [3.8, 4) is 0 Å². The number of carbonyl (C=O) groups is 1. The van der Waals surface area contributed by atoms with Gasteiger partial charge in [0.2, 0.25) is 0 Å². The van der Waals surface area contributed by atoms with Gasteiger partial charge < -0.3 is 10.1 Å². The molecule has 2 aromatic rings. The molecule has 5 heteroatoms. The fourth-order valence-corrected chi connectivity index (χ4v) is 3.18. The molecule has 1 unspecified atom stereocenters. The maximum atomic E-state index is 11.7. The molecule has 2 rings (SSSR count). The summed E-state index contributed by atoms with van der Waals surface area (Å²) >= 11 is 1.77. The lowest BCUT2D eigenvalue weighted by Gasteiger charge is -2.16. The summed E-state index contributed by atoms with van der Waals surface area (Å²) < 4.78 is 4.78. The molecule has 4 nitrogen and oxygen atoms in total. The first-order valence-electron chi connectivity index (χ1n) is 6.39. The molecule has 0 saturated carbocycles. The minimum absolute atomic E-state index is 0.0817. The molecule has 0 bridgehead atoms. The Kier molecular flexibility index (Phi) is 4.39. The van der Waals surface area contributed by atoms with Crippen LogP contribution in [0.1, 0.15) is 38.6 Å². The molecule has 0 fully saturated rings. The monoisotopic (exact) mass is 290 g/mol. The zero-order chi connectivity index (χ0) is 14.7. The van der Waals surface area contributed by atoms with Gasteiger partial charge in [0.15, 0.2) is 0 Å². The number of pyridine rings is 1. The molecule has 0 aliphatic heterocycles. The molecule has 0 amide bonds. The van der Waals surface area contributed by atoms with Gasteiger partial charge in [-0.3, -0.25) is 0 Å². The number of ether oxygens (including phenoxy) is 1. The van der Waals surface area contributed by atoms with Crippen molar-refractivity contribution in [2.75, 3.05) is 12.4 Å². The molecule has 0 spiro atoms. The van der Waals surface area contributed by atoms with Crippen LogP contribution in [0.3, 0.4) is 0 Å². The number of rotatable bonds is 4. The van der Waals surface area contributed by atoms with E-state index in [9.17, 15) is 4.79 Å². The van der Waals surface area contributed by atoms with Crippen molar-refractivity contribution in [2.45, 2.75) is 26.8 Å². The van der Waals surface area contributed by atoms with Gasteiger partial charge in [-0.1, -0.05) is 0 Å². The molecule has 0 saturated heterocycles. The molecule has 2 heterocycles. The van der Waals surface area contributed by atoms with Gasteiger partial charge in [0.25, 0.3) is 0 Å². The van der Waals surface area contributed by atoms with Crippen molar-refractivity contribution in [2.24, 2.45) is 0 Å². The first-order valence-corrected chi connectivity index (χ1v) is 7.21. The lowest BCUT2D eigenvalue weighted by molar-refractivity contribution is 0.0601. The number of aryl methyl sites for hydroxylation is 2. The first kappa shape index (κ1) is 14.5. The van der Waals surface area contributed by atoms with Crippen LogP contribution in [0, 0.1) is 13.8 Å². The van der Waals surface area contributed by atoms with Crippen molar-refractivity contribution in [3.63, 3.8) is 0 Å². The third-order valence-corrected chi connectivity index (χ3v) is 4.09. The van der Waals surface area contributed by atoms with E-state index in [1.54, 1.807) is 29.7 Å². The Labute approximate surface area is 122 Å². The summed E-state index contributed by atoms with van der Waals surface area (Å²) in [6.07, 6.45) is 1.66. The summed E-state index contributed by atoms with van der Waals surface area (Å²) in [7, 11) is 1.37. The fraction of sp³-hybridized carbons (Fsp3) is 0.333. The molecule has 106 valence electrons. The third-order valence-electron chi connectivity index (χ3n) is 3.11. The highest BCUT2D eigenvalue weighted by molar-refractivity contribution is 7.12. The van der Waals surface area contributed by atoms with Crippen LogP contribution in [0.25, 0.3) is 0 Å². The fourth-order valence-electron chi connectivity index (χ4n) is 2.16. The molecule has 0 aliphatic rings. The zero-order valence-electron chi connectivity index (χ0n) is 12.1. The number of nitrogens with zero attached hydrogens (tertiary/aromatic N) is 1. The van der Waals surface area contributed by atoms with E-state index in [1.807, 2.05) is 0 Å². The molecular formula is C15H18N2O2S. The SMILES string of the molecule is COC(=O)c1cccnc1NC(C)c1cc(C)sc1C. The molecular weight excluding hydrogens is 272 g/mol. The largest absolute Gasteiger partial charge is 0.465 e. The zero-order valence-corrected chi connectivity index (χ0v) is 12.9. The minimum atomic E-state index is -0.383. The lowest BCUT2D eigenvalue weighted by atomic mass is 10.1. The van der Waals surface area contributed by atoms with E-state index in [0.717, 1.165) is 0 Å². The number of anilines is 1. The van der Waals surface area contributed by atoms with Gasteiger partial charge in [-0.2, -0.15) is 0 Å². The number of esters is 1. The lowest BCUT2D eigenvalue weighted by Crippen LogP contribution is -2.13. The summed E-state index contributed by atoms with van der Waals surface area (Å²) in [5, 5.41) is 3.29. The molecule has 0 aliphatic carbocycles. The Balaban J connectivity index is 2.26. The first-order chi connectivity index (χ1) is 9.52. The van der Waals surface area contributed by atoms with Crippen LogP contribution < -0.4 is 5.32 Å². The van der Waals surface area contributed by atoms with Crippen molar-refractivity contribution in [1.29, 1.82) is 0 Å². The van der Waals surface area contributed by atoms with Crippen LogP contribution in [-0.2, 0) is 4.74 Å². The number of thiophene rings is 1. The highest BCUT2D eigenvalue weighted by atomic mass is 32.1. The number of hydrogen-bond donors (Lipinski definition) is 1. The van der Waals surface area contributed by atoms with Crippen molar-refractivity contribution in [1.82, 2.24) is 4.98 Å². The molecule has 0 radical (unpaired) electrons. The number of hydrogen-bond acceptors (Lipinski definition) is 5. The number of aromatic nitrogens is 1. The highest BCUT2D eigenvalue weighted by Crippen LogP contribution is 2.29. The molecule has 0 aromatic carbocycles. The Bertz CT molecular complexity index is 622. The summed E-state index contributed by atoms with van der Waals surface area (Å²) in [4.78, 5) is 18.5. The number of nitrogens with one attached hydrogen (secondary N) is 1. The van der Waals surface area contributed by atoms with Crippen molar-refractivity contribution in [3.05, 3.63) is 45.3 Å². The van der Waals surface area contributed by atoms with Crippen molar-refractivity contribution < 1.29 is 9.53 Å². The van der Waals surface area contributed by atoms with Crippen LogP contribution in [0.15, 0.2) is 24.4 Å². The van der Waals surface area contributed by atoms with Gasteiger partial charge in [0.1, 0.15) is 11.4 Å². The molecule has 1 atom stereocenters. The second kappa shape index (κ2) is 6.05. The van der Waals surface area contributed by atoms with E-state index >= 15 is 0 Å². The maximum Gasteiger partial charge on any atom is 0.341 e. The van der Waals surface area contributed by atoms with E-state index in [0.29, 0.717) is 11.4 Å². The van der Waals surface area contributed by atoms with Crippen LogP contribution in [0.4, 0.5) is 5.82 Å². The highest BCUT2D eigenvalue weighted by Gasteiger charge is 2.16. The maximum absolute atomic E-state index is 11.7. The normalized spacial score (nSPS) is 12.0. The minimum Gasteiger partial charge on any atom is -0.465 e. The third kappa shape index (κ3) is 2.99. The van der Waals surface area contributed by atoms with E-state index in [1.165, 1.54) is 22.4 Å². The van der Waals surface area contributed by atoms with Gasteiger partial charge in [0.05, 0.1) is 13.2 Å². The Morgan fingerprint density at radius 1 is 1.45 bits per heavy atom. The van der Waals surface area contributed by atoms with Crippen LogP contribution >= 0.6 is 11.3 Å². The van der Waals surface area contributed by atoms with Gasteiger partial charge in [0, 0.05) is 16.0 Å². The Morgan fingerprint density at radius 3 is 2.80 bits per heavy atom. The van der Waals surface area contributed by atoms with Crippen LogP contribution in [-0.4, -0.2) is 18.1 Å². The standard InChI is InChI=1S/C15H18N2O2S/c1-9-8-13(11(3)20-9)10(2)17-14-12(15(18)19-4)6-5-7-16-14/h5-8,10H,1-4H3,(H,16,17). The predicted molar refractivity (Wildman–Crippen MR) is 81.4 cm³/mol. The van der Waals surface area contributed by atoms with E-state index < -0.39 is 0 Å². The van der Waals surface area contributed by atoms with Crippen molar-refractivity contribution >= 4 is 23.1 Å². The van der Waals surface area contributed by atoms with Gasteiger partial charge in [-0.25, -0.2) is 9.78 Å². The molecule has 2 aromatic heterocycles. The second-order valence-corrected chi connectivity index (χ2v) is 6.09. The predicted octanol–water partition coefficient (Wildman–Crippen LogP) is 3.72. The van der Waals surface area contributed by atoms with E-state index in [4.69, 9.17) is 4.74 Å². The van der Waals surface area contributed by atoms with E-state index in [2.05, 4.69) is 37.1 Å². The average molecular weight is 290 g/mol. The summed E-state index contributed by atoms with van der Waals surface area (Å²) in [5.41, 5.74) is 1.68.